The molecule has 0 aromatic heterocycles. The zero-order valence-electron chi connectivity index (χ0n) is 10.9. The number of piperidine rings is 1. The van der Waals surface area contributed by atoms with Crippen LogP contribution in [0.4, 0.5) is 0 Å². The molecular formula is C15H21N3. The summed E-state index contributed by atoms with van der Waals surface area (Å²) in [6.45, 7) is 4.18. The molecule has 3 heteroatoms. The quantitative estimate of drug-likeness (QED) is 0.886. The summed E-state index contributed by atoms with van der Waals surface area (Å²) in [7, 11) is 0. The summed E-state index contributed by atoms with van der Waals surface area (Å²) in [5, 5.41) is 9.05. The standard InChI is InChI=1S/C15H21N3/c1-12-11-18(10-8-14(12)17)15(7-9-16)13-5-3-2-4-6-13/h2-6,12,14-15H,7-8,10-11,17H2,1H3. The Hall–Kier alpha value is -1.37. The van der Waals surface area contributed by atoms with E-state index in [1.165, 1.54) is 5.56 Å². The molecule has 1 aromatic carbocycles. The third kappa shape index (κ3) is 2.90. The van der Waals surface area contributed by atoms with Gasteiger partial charge in [0.05, 0.1) is 12.5 Å². The Labute approximate surface area is 109 Å². The average Bonchev–Trinajstić information content (AvgIpc) is 2.40. The fourth-order valence-electron chi connectivity index (χ4n) is 2.70. The second-order valence-corrected chi connectivity index (χ2v) is 5.21. The molecule has 18 heavy (non-hydrogen) atoms. The highest BCUT2D eigenvalue weighted by atomic mass is 15.2. The fraction of sp³-hybridized carbons (Fsp3) is 0.533. The van der Waals surface area contributed by atoms with Crippen LogP contribution in [0, 0.1) is 17.2 Å². The van der Waals surface area contributed by atoms with E-state index >= 15 is 0 Å². The number of likely N-dealkylation sites (tertiary alicyclic amines) is 1. The van der Waals surface area contributed by atoms with Crippen molar-refractivity contribution < 1.29 is 0 Å². The van der Waals surface area contributed by atoms with E-state index < -0.39 is 0 Å². The van der Waals surface area contributed by atoms with E-state index in [4.69, 9.17) is 11.0 Å². The zero-order chi connectivity index (χ0) is 13.0. The Kier molecular flexibility index (Phi) is 4.35. The first-order chi connectivity index (χ1) is 8.72. The van der Waals surface area contributed by atoms with Crippen LogP contribution in [0.15, 0.2) is 30.3 Å². The van der Waals surface area contributed by atoms with Crippen molar-refractivity contribution in [3.05, 3.63) is 35.9 Å². The minimum Gasteiger partial charge on any atom is -0.327 e. The monoisotopic (exact) mass is 243 g/mol. The van der Waals surface area contributed by atoms with E-state index in [0.29, 0.717) is 18.4 Å². The topological polar surface area (TPSA) is 53.0 Å². The summed E-state index contributed by atoms with van der Waals surface area (Å²) in [6, 6.07) is 13.2. The summed E-state index contributed by atoms with van der Waals surface area (Å²) in [5.74, 6) is 0.503. The molecule has 0 bridgehead atoms. The van der Waals surface area contributed by atoms with Gasteiger partial charge in [0.15, 0.2) is 0 Å². The van der Waals surface area contributed by atoms with Crippen LogP contribution in [0.1, 0.15) is 31.4 Å². The van der Waals surface area contributed by atoms with E-state index in [1.54, 1.807) is 0 Å². The highest BCUT2D eigenvalue weighted by molar-refractivity contribution is 5.20. The number of benzene rings is 1. The first kappa shape index (κ1) is 13.1. The smallest absolute Gasteiger partial charge is 0.0641 e. The molecule has 0 radical (unpaired) electrons. The van der Waals surface area contributed by atoms with Crippen molar-refractivity contribution in [3.8, 4) is 6.07 Å². The Morgan fingerprint density at radius 1 is 1.44 bits per heavy atom. The van der Waals surface area contributed by atoms with Gasteiger partial charge in [-0.15, -0.1) is 0 Å². The van der Waals surface area contributed by atoms with Crippen LogP contribution >= 0.6 is 0 Å². The van der Waals surface area contributed by atoms with Crippen molar-refractivity contribution in [2.75, 3.05) is 13.1 Å². The summed E-state index contributed by atoms with van der Waals surface area (Å²) in [4.78, 5) is 2.41. The highest BCUT2D eigenvalue weighted by Crippen LogP contribution is 2.28. The van der Waals surface area contributed by atoms with Crippen molar-refractivity contribution in [1.29, 1.82) is 5.26 Å². The maximum Gasteiger partial charge on any atom is 0.0641 e. The molecule has 0 amide bonds. The number of nitrogens with two attached hydrogens (primary N) is 1. The predicted molar refractivity (Wildman–Crippen MR) is 72.7 cm³/mol. The molecule has 0 spiro atoms. The summed E-state index contributed by atoms with van der Waals surface area (Å²) in [6.07, 6.45) is 1.57. The van der Waals surface area contributed by atoms with E-state index in [9.17, 15) is 0 Å². The molecule has 1 fully saturated rings. The Balaban J connectivity index is 2.14. The second-order valence-electron chi connectivity index (χ2n) is 5.21. The van der Waals surface area contributed by atoms with Gasteiger partial charge in [0.2, 0.25) is 0 Å². The first-order valence-corrected chi connectivity index (χ1v) is 6.64. The summed E-state index contributed by atoms with van der Waals surface area (Å²) >= 11 is 0. The third-order valence-electron chi connectivity index (χ3n) is 3.91. The molecule has 0 aliphatic carbocycles. The molecule has 1 aromatic rings. The van der Waals surface area contributed by atoms with E-state index in [1.807, 2.05) is 18.2 Å². The first-order valence-electron chi connectivity index (χ1n) is 6.64. The Morgan fingerprint density at radius 3 is 2.78 bits per heavy atom. The lowest BCUT2D eigenvalue weighted by Crippen LogP contribution is -2.47. The van der Waals surface area contributed by atoms with E-state index in [0.717, 1.165) is 19.5 Å². The lowest BCUT2D eigenvalue weighted by molar-refractivity contribution is 0.117. The molecule has 2 N–H and O–H groups in total. The third-order valence-corrected chi connectivity index (χ3v) is 3.91. The van der Waals surface area contributed by atoms with Crippen LogP contribution in [0.25, 0.3) is 0 Å². The lowest BCUT2D eigenvalue weighted by atomic mass is 9.91. The number of hydrogen-bond acceptors (Lipinski definition) is 3. The van der Waals surface area contributed by atoms with Gasteiger partial charge in [-0.05, 0) is 17.9 Å². The number of nitriles is 1. The minimum absolute atomic E-state index is 0.214. The molecule has 3 unspecified atom stereocenters. The molecule has 3 nitrogen and oxygen atoms in total. The van der Waals surface area contributed by atoms with Gasteiger partial charge in [0, 0.05) is 25.2 Å². The molecule has 0 saturated carbocycles. The molecular weight excluding hydrogens is 222 g/mol. The SMILES string of the molecule is CC1CN(C(CC#N)c2ccccc2)CCC1N. The molecule has 1 heterocycles. The van der Waals surface area contributed by atoms with Crippen LogP contribution in [0.3, 0.4) is 0 Å². The van der Waals surface area contributed by atoms with Gasteiger partial charge < -0.3 is 5.73 Å². The van der Waals surface area contributed by atoms with Crippen molar-refractivity contribution >= 4 is 0 Å². The number of nitrogens with zero attached hydrogens (tertiary/aromatic N) is 2. The van der Waals surface area contributed by atoms with Crippen LogP contribution < -0.4 is 5.73 Å². The Morgan fingerprint density at radius 2 is 2.17 bits per heavy atom. The van der Waals surface area contributed by atoms with Crippen LogP contribution in [-0.4, -0.2) is 24.0 Å². The minimum atomic E-state index is 0.214. The number of rotatable bonds is 3. The predicted octanol–water partition coefficient (Wildman–Crippen LogP) is 2.31. The van der Waals surface area contributed by atoms with Gasteiger partial charge in [0.1, 0.15) is 0 Å². The summed E-state index contributed by atoms with van der Waals surface area (Å²) < 4.78 is 0. The molecule has 1 aliphatic heterocycles. The van der Waals surface area contributed by atoms with Crippen molar-refractivity contribution in [2.45, 2.75) is 31.8 Å². The van der Waals surface area contributed by atoms with Crippen LogP contribution in [0.2, 0.25) is 0 Å². The van der Waals surface area contributed by atoms with Crippen LogP contribution in [0.5, 0.6) is 0 Å². The van der Waals surface area contributed by atoms with Gasteiger partial charge in [-0.25, -0.2) is 0 Å². The van der Waals surface area contributed by atoms with E-state index in [2.05, 4.69) is 30.0 Å². The Bertz CT molecular complexity index is 409. The van der Waals surface area contributed by atoms with Crippen molar-refractivity contribution in [1.82, 2.24) is 4.90 Å². The van der Waals surface area contributed by atoms with Gasteiger partial charge in [0.25, 0.3) is 0 Å². The van der Waals surface area contributed by atoms with Gasteiger partial charge in [-0.3, -0.25) is 4.90 Å². The van der Waals surface area contributed by atoms with E-state index in [-0.39, 0.29) is 6.04 Å². The highest BCUT2D eigenvalue weighted by Gasteiger charge is 2.28. The lowest BCUT2D eigenvalue weighted by Gasteiger charge is -2.39. The van der Waals surface area contributed by atoms with Crippen molar-refractivity contribution in [3.63, 3.8) is 0 Å². The van der Waals surface area contributed by atoms with Crippen molar-refractivity contribution in [2.24, 2.45) is 11.7 Å². The van der Waals surface area contributed by atoms with Crippen LogP contribution in [-0.2, 0) is 0 Å². The largest absolute Gasteiger partial charge is 0.327 e. The maximum atomic E-state index is 9.05. The van der Waals surface area contributed by atoms with Gasteiger partial charge >= 0.3 is 0 Å². The van der Waals surface area contributed by atoms with Gasteiger partial charge in [-0.2, -0.15) is 5.26 Å². The maximum absolute atomic E-state index is 9.05. The molecule has 1 saturated heterocycles. The molecule has 96 valence electrons. The molecule has 2 rings (SSSR count). The average molecular weight is 243 g/mol. The number of hydrogen-bond donors (Lipinski definition) is 1. The zero-order valence-corrected chi connectivity index (χ0v) is 10.9. The normalized spacial score (nSPS) is 26.5. The molecule has 3 atom stereocenters. The second kappa shape index (κ2) is 5.99. The fourth-order valence-corrected chi connectivity index (χ4v) is 2.70. The van der Waals surface area contributed by atoms with Gasteiger partial charge in [-0.1, -0.05) is 37.3 Å². The summed E-state index contributed by atoms with van der Waals surface area (Å²) in [5.41, 5.74) is 7.30. The molecule has 1 aliphatic rings.